The van der Waals surface area contributed by atoms with Gasteiger partial charge in [-0.25, -0.2) is 9.18 Å². The zero-order chi connectivity index (χ0) is 23.2. The van der Waals surface area contributed by atoms with Crippen LogP contribution in [0.3, 0.4) is 0 Å². The molecule has 0 aromatic heterocycles. The van der Waals surface area contributed by atoms with Crippen LogP contribution in [-0.2, 0) is 9.53 Å². The summed E-state index contributed by atoms with van der Waals surface area (Å²) in [6, 6.07) is 0. The number of carbonyl (C=O) groups is 1. The van der Waals surface area contributed by atoms with E-state index >= 15 is 0 Å². The molecule has 0 fully saturated rings. The quantitative estimate of drug-likeness (QED) is 0.276. The van der Waals surface area contributed by atoms with Gasteiger partial charge in [-0.3, -0.25) is 0 Å². The maximum Gasteiger partial charge on any atom is 0.473 e. The van der Waals surface area contributed by atoms with Crippen LogP contribution in [0.4, 0.5) is 65.9 Å². The molecule has 0 spiro atoms. The van der Waals surface area contributed by atoms with Gasteiger partial charge in [0.25, 0.3) is 0 Å². The molecule has 0 amide bonds. The second kappa shape index (κ2) is 6.89. The molecule has 0 saturated carbocycles. The predicted molar refractivity (Wildman–Crippen MR) is 56.9 cm³/mol. The van der Waals surface area contributed by atoms with Gasteiger partial charge in [-0.1, -0.05) is 6.58 Å². The molecule has 0 atom stereocenters. The Balaban J connectivity index is 6.51. The zero-order valence-corrected chi connectivity index (χ0v) is 12.5. The van der Waals surface area contributed by atoms with Gasteiger partial charge in [0.1, 0.15) is 0 Å². The number of halogens is 15. The van der Waals surface area contributed by atoms with Crippen LogP contribution in [0.25, 0.3) is 0 Å². The van der Waals surface area contributed by atoms with Crippen LogP contribution in [0.15, 0.2) is 12.7 Å². The van der Waals surface area contributed by atoms with E-state index in [4.69, 9.17) is 0 Å². The summed E-state index contributed by atoms with van der Waals surface area (Å²) in [6.07, 6.45) is -7.44. The minimum absolute atomic E-state index is 0.398. The first kappa shape index (κ1) is 26.2. The molecule has 166 valence electrons. The van der Waals surface area contributed by atoms with Crippen molar-refractivity contribution < 1.29 is 75.4 Å². The summed E-state index contributed by atoms with van der Waals surface area (Å²) in [5, 5.41) is 0. The van der Waals surface area contributed by atoms with Crippen molar-refractivity contribution in [2.45, 2.75) is 41.6 Å². The summed E-state index contributed by atoms with van der Waals surface area (Å²) in [5.41, 5.74) is 0. The van der Waals surface area contributed by atoms with Crippen molar-refractivity contribution >= 4 is 5.97 Å². The summed E-state index contributed by atoms with van der Waals surface area (Å²) in [7, 11) is 0. The van der Waals surface area contributed by atoms with Crippen molar-refractivity contribution in [3.05, 3.63) is 12.7 Å². The second-order valence-corrected chi connectivity index (χ2v) is 4.85. The third-order valence-corrected chi connectivity index (χ3v) is 2.97. The van der Waals surface area contributed by atoms with Crippen LogP contribution in [-0.4, -0.2) is 54.3 Å². The fraction of sp³-hybridized carbons (Fsp3) is 0.727. The van der Waals surface area contributed by atoms with Crippen molar-refractivity contribution in [1.29, 1.82) is 0 Å². The summed E-state index contributed by atoms with van der Waals surface area (Å²) in [5.74, 6) is -49.9. The van der Waals surface area contributed by atoms with Gasteiger partial charge in [0.15, 0.2) is 6.67 Å². The lowest BCUT2D eigenvalue weighted by Gasteiger charge is -2.41. The Labute approximate surface area is 143 Å². The zero-order valence-electron chi connectivity index (χ0n) is 12.5. The molecule has 0 rings (SSSR count). The van der Waals surface area contributed by atoms with Crippen LogP contribution in [0.2, 0.25) is 0 Å². The van der Waals surface area contributed by atoms with Crippen LogP contribution in [0.5, 0.6) is 0 Å². The van der Waals surface area contributed by atoms with Crippen molar-refractivity contribution in [3.63, 3.8) is 0 Å². The number of rotatable bonds is 9. The number of ether oxygens (including phenoxy) is 1. The van der Waals surface area contributed by atoms with Gasteiger partial charge in [0.2, 0.25) is 0 Å². The summed E-state index contributed by atoms with van der Waals surface area (Å²) < 4.78 is 196. The van der Waals surface area contributed by atoms with E-state index in [1.165, 1.54) is 0 Å². The van der Waals surface area contributed by atoms with Crippen molar-refractivity contribution in [2.24, 2.45) is 0 Å². The lowest BCUT2D eigenvalue weighted by Crippen LogP contribution is -2.73. The molecule has 0 aromatic carbocycles. The molecule has 0 aliphatic carbocycles. The largest absolute Gasteiger partial charge is 0.473 e. The highest BCUT2D eigenvalue weighted by atomic mass is 19.4. The van der Waals surface area contributed by atoms with Gasteiger partial charge in [0.05, 0.1) is 0 Å². The summed E-state index contributed by atoms with van der Waals surface area (Å²) >= 11 is 0. The minimum Gasteiger partial charge on any atom is -0.393 e. The lowest BCUT2D eigenvalue weighted by molar-refractivity contribution is -0.460. The maximum atomic E-state index is 13.2. The van der Waals surface area contributed by atoms with E-state index in [0.29, 0.717) is 0 Å². The Kier molecular flexibility index (Phi) is 6.44. The van der Waals surface area contributed by atoms with Crippen LogP contribution in [0.1, 0.15) is 0 Å². The Morgan fingerprint density at radius 1 is 0.679 bits per heavy atom. The Morgan fingerprint density at radius 2 is 1.00 bits per heavy atom. The van der Waals surface area contributed by atoms with Crippen molar-refractivity contribution in [2.75, 3.05) is 6.67 Å². The summed E-state index contributed by atoms with van der Waals surface area (Å²) in [6.45, 7) is -1.53. The smallest absolute Gasteiger partial charge is 0.393 e. The first-order valence-corrected chi connectivity index (χ1v) is 6.08. The van der Waals surface area contributed by atoms with Crippen LogP contribution in [0, 0.1) is 0 Å². The SMILES string of the molecule is C=CC(=O)OC(F)(F)C(F)(F)C(F)(F)C(F)(F)C(F)(F)C(F)(F)C(F)(F)CF. The molecule has 2 nitrogen and oxygen atoms in total. The number of carbonyl (C=O) groups excluding carboxylic acids is 1. The van der Waals surface area contributed by atoms with Crippen LogP contribution >= 0.6 is 0 Å². The van der Waals surface area contributed by atoms with E-state index in [1.54, 1.807) is 0 Å². The van der Waals surface area contributed by atoms with E-state index in [0.717, 1.165) is 0 Å². The van der Waals surface area contributed by atoms with Gasteiger partial charge in [-0.15, -0.1) is 0 Å². The topological polar surface area (TPSA) is 26.3 Å². The molecule has 0 heterocycles. The van der Waals surface area contributed by atoms with Gasteiger partial charge in [0, 0.05) is 6.08 Å². The molecule has 0 aliphatic heterocycles. The Hall–Kier alpha value is -1.84. The molecule has 0 aliphatic rings. The molecule has 0 N–H and O–H groups in total. The van der Waals surface area contributed by atoms with Gasteiger partial charge in [-0.2, -0.15) is 61.5 Å². The van der Waals surface area contributed by atoms with E-state index in [1.807, 2.05) is 0 Å². The fourth-order valence-corrected chi connectivity index (χ4v) is 1.32. The summed E-state index contributed by atoms with van der Waals surface area (Å²) in [4.78, 5) is 10.4. The molecule has 0 saturated heterocycles. The first-order valence-electron chi connectivity index (χ1n) is 6.08. The molecule has 0 radical (unpaired) electrons. The fourth-order valence-electron chi connectivity index (χ4n) is 1.32. The van der Waals surface area contributed by atoms with Crippen LogP contribution < -0.4 is 0 Å². The molecule has 28 heavy (non-hydrogen) atoms. The highest BCUT2D eigenvalue weighted by Crippen LogP contribution is 2.62. The van der Waals surface area contributed by atoms with Gasteiger partial charge < -0.3 is 4.74 Å². The average Bonchev–Trinajstić information content (AvgIpc) is 2.52. The molecule has 0 aromatic rings. The Morgan fingerprint density at radius 3 is 1.32 bits per heavy atom. The van der Waals surface area contributed by atoms with Crippen molar-refractivity contribution in [1.82, 2.24) is 0 Å². The van der Waals surface area contributed by atoms with E-state index in [9.17, 15) is 70.7 Å². The molecule has 0 bridgehead atoms. The highest BCUT2D eigenvalue weighted by Gasteiger charge is 2.93. The highest BCUT2D eigenvalue weighted by molar-refractivity contribution is 5.81. The Bertz CT molecular complexity index is 609. The second-order valence-electron chi connectivity index (χ2n) is 4.85. The van der Waals surface area contributed by atoms with E-state index in [-0.39, 0.29) is 0 Å². The predicted octanol–water partition coefficient (Wildman–Crippen LogP) is 5.09. The molecule has 17 heteroatoms. The number of hydrogen-bond acceptors (Lipinski definition) is 2. The molecule has 0 unspecified atom stereocenters. The molecular formula is C11H5F15O2. The lowest BCUT2D eigenvalue weighted by atomic mass is 9.91. The maximum absolute atomic E-state index is 13.2. The normalized spacial score (nSPS) is 15.4. The van der Waals surface area contributed by atoms with Gasteiger partial charge in [-0.05, 0) is 0 Å². The van der Waals surface area contributed by atoms with E-state index < -0.39 is 60.4 Å². The number of hydrogen-bond donors (Lipinski definition) is 0. The number of alkyl halides is 15. The van der Waals surface area contributed by atoms with Crippen molar-refractivity contribution in [3.8, 4) is 0 Å². The molecular weight excluding hydrogens is 449 g/mol. The monoisotopic (exact) mass is 454 g/mol. The average molecular weight is 454 g/mol. The van der Waals surface area contributed by atoms with Gasteiger partial charge >= 0.3 is 47.6 Å². The van der Waals surface area contributed by atoms with E-state index in [2.05, 4.69) is 11.3 Å². The third kappa shape index (κ3) is 3.35. The third-order valence-electron chi connectivity index (χ3n) is 2.97. The minimum atomic E-state index is -8.35. The standard InChI is InChI=1S/C11H5F15O2/c1-2-4(27)28-11(25,26)10(23,24)9(21,22)8(19,20)7(17,18)6(15,16)5(13,14)3-12/h2H,1,3H2. The number of esters is 1. The first-order chi connectivity index (χ1) is 12.0.